The molecule has 2 rings (SSSR count). The summed E-state index contributed by atoms with van der Waals surface area (Å²) in [7, 11) is -3.68. The van der Waals surface area contributed by atoms with E-state index < -0.39 is 10.2 Å². The van der Waals surface area contributed by atoms with Crippen LogP contribution in [-0.4, -0.2) is 31.7 Å². The lowest BCUT2D eigenvalue weighted by atomic mass is 9.96. The first-order valence-electron chi connectivity index (χ1n) is 7.11. The topological polar surface area (TPSA) is 92.5 Å². The zero-order valence-corrected chi connectivity index (χ0v) is 13.1. The predicted molar refractivity (Wildman–Crippen MR) is 80.4 cm³/mol. The zero-order chi connectivity index (χ0) is 16.3. The third-order valence-electron chi connectivity index (χ3n) is 3.91. The molecule has 3 N–H and O–H groups in total. The largest absolute Gasteiger partial charge is 0.349 e. The molecule has 0 saturated carbocycles. The quantitative estimate of drug-likeness (QED) is 0.860. The van der Waals surface area contributed by atoms with E-state index in [9.17, 15) is 17.6 Å². The Balaban J connectivity index is 1.89. The van der Waals surface area contributed by atoms with Crippen molar-refractivity contribution in [1.29, 1.82) is 0 Å². The molecule has 1 saturated heterocycles. The van der Waals surface area contributed by atoms with Crippen LogP contribution in [0, 0.1) is 11.7 Å². The molecule has 1 amide bonds. The van der Waals surface area contributed by atoms with Crippen molar-refractivity contribution in [3.63, 3.8) is 0 Å². The van der Waals surface area contributed by atoms with Crippen LogP contribution < -0.4 is 10.5 Å². The fraction of sp³-hybridized carbons (Fsp3) is 0.500. The van der Waals surface area contributed by atoms with Crippen LogP contribution in [0.4, 0.5) is 4.39 Å². The Morgan fingerprint density at radius 2 is 1.86 bits per heavy atom. The first-order chi connectivity index (χ1) is 10.3. The molecule has 0 bridgehead atoms. The third-order valence-corrected chi connectivity index (χ3v) is 5.00. The van der Waals surface area contributed by atoms with Gasteiger partial charge in [0.05, 0.1) is 6.04 Å². The van der Waals surface area contributed by atoms with Crippen molar-refractivity contribution in [3.05, 3.63) is 35.6 Å². The number of halogens is 1. The third kappa shape index (κ3) is 4.25. The fourth-order valence-corrected chi connectivity index (χ4v) is 3.26. The molecule has 0 spiro atoms. The Morgan fingerprint density at radius 3 is 2.36 bits per heavy atom. The first kappa shape index (κ1) is 16.9. The Labute approximate surface area is 129 Å². The van der Waals surface area contributed by atoms with Crippen molar-refractivity contribution in [3.8, 4) is 0 Å². The number of nitrogens with zero attached hydrogens (tertiary/aromatic N) is 1. The van der Waals surface area contributed by atoms with E-state index in [1.54, 1.807) is 12.1 Å². The molecule has 1 heterocycles. The van der Waals surface area contributed by atoms with Gasteiger partial charge in [-0.2, -0.15) is 12.7 Å². The number of nitrogens with two attached hydrogens (primary N) is 1. The Hall–Kier alpha value is -1.51. The second-order valence-electron chi connectivity index (χ2n) is 5.50. The minimum absolute atomic E-state index is 0.120. The lowest BCUT2D eigenvalue weighted by Gasteiger charge is -2.29. The molecule has 0 aliphatic carbocycles. The van der Waals surface area contributed by atoms with Crippen LogP contribution >= 0.6 is 0 Å². The van der Waals surface area contributed by atoms with Gasteiger partial charge in [0, 0.05) is 19.0 Å². The summed E-state index contributed by atoms with van der Waals surface area (Å²) < 4.78 is 36.5. The summed E-state index contributed by atoms with van der Waals surface area (Å²) >= 11 is 0. The van der Waals surface area contributed by atoms with Gasteiger partial charge >= 0.3 is 0 Å². The van der Waals surface area contributed by atoms with E-state index in [4.69, 9.17) is 5.14 Å². The highest BCUT2D eigenvalue weighted by atomic mass is 32.2. The summed E-state index contributed by atoms with van der Waals surface area (Å²) in [6, 6.07) is 5.73. The van der Waals surface area contributed by atoms with E-state index in [1.165, 1.54) is 16.4 Å². The summed E-state index contributed by atoms with van der Waals surface area (Å²) in [5, 5.41) is 7.95. The second kappa shape index (κ2) is 6.72. The molecule has 1 fully saturated rings. The molecule has 1 aromatic rings. The molecule has 0 unspecified atom stereocenters. The van der Waals surface area contributed by atoms with Crippen LogP contribution in [-0.2, 0) is 15.0 Å². The Kier molecular flexibility index (Phi) is 5.15. The normalized spacial score (nSPS) is 18.9. The molecule has 1 atom stereocenters. The van der Waals surface area contributed by atoms with E-state index in [0.29, 0.717) is 12.8 Å². The lowest BCUT2D eigenvalue weighted by Crippen LogP contribution is -2.45. The van der Waals surface area contributed by atoms with Crippen molar-refractivity contribution in [2.45, 2.75) is 25.8 Å². The molecule has 6 nitrogen and oxygen atoms in total. The Bertz CT molecular complexity index is 625. The molecular formula is C14H20FN3O3S. The van der Waals surface area contributed by atoms with Gasteiger partial charge in [0.15, 0.2) is 0 Å². The fourth-order valence-electron chi connectivity index (χ4n) is 2.54. The maximum absolute atomic E-state index is 12.9. The maximum atomic E-state index is 12.9. The number of amides is 1. The summed E-state index contributed by atoms with van der Waals surface area (Å²) in [5.41, 5.74) is 0.816. The van der Waals surface area contributed by atoms with Crippen LogP contribution in [0.1, 0.15) is 31.4 Å². The summed E-state index contributed by atoms with van der Waals surface area (Å²) in [6.07, 6.45) is 0.886. The number of carbonyl (C=O) groups is 1. The van der Waals surface area contributed by atoms with Gasteiger partial charge in [-0.25, -0.2) is 9.53 Å². The molecule has 22 heavy (non-hydrogen) atoms. The average molecular weight is 329 g/mol. The molecule has 122 valence electrons. The zero-order valence-electron chi connectivity index (χ0n) is 12.3. The summed E-state index contributed by atoms with van der Waals surface area (Å²) in [5.74, 6) is -0.676. The highest BCUT2D eigenvalue weighted by Gasteiger charge is 2.29. The molecule has 0 aromatic heterocycles. The Morgan fingerprint density at radius 1 is 1.32 bits per heavy atom. The lowest BCUT2D eigenvalue weighted by molar-refractivity contribution is -0.126. The highest BCUT2D eigenvalue weighted by molar-refractivity contribution is 7.86. The van der Waals surface area contributed by atoms with Gasteiger partial charge in [-0.15, -0.1) is 0 Å². The minimum Gasteiger partial charge on any atom is -0.349 e. The van der Waals surface area contributed by atoms with Gasteiger partial charge in [0.25, 0.3) is 10.2 Å². The number of benzene rings is 1. The number of hydrogen-bond donors (Lipinski definition) is 2. The smallest absolute Gasteiger partial charge is 0.276 e. The number of piperidine rings is 1. The van der Waals surface area contributed by atoms with Crippen molar-refractivity contribution >= 4 is 16.1 Å². The molecule has 8 heteroatoms. The van der Waals surface area contributed by atoms with E-state index in [0.717, 1.165) is 5.56 Å². The maximum Gasteiger partial charge on any atom is 0.276 e. The van der Waals surface area contributed by atoms with Gasteiger partial charge < -0.3 is 5.32 Å². The van der Waals surface area contributed by atoms with Crippen LogP contribution in [0.3, 0.4) is 0 Å². The first-order valence-corrected chi connectivity index (χ1v) is 8.61. The van der Waals surface area contributed by atoms with E-state index in [1.807, 2.05) is 6.92 Å². The summed E-state index contributed by atoms with van der Waals surface area (Å²) in [4.78, 5) is 12.2. The van der Waals surface area contributed by atoms with Gasteiger partial charge in [0.2, 0.25) is 5.91 Å². The minimum atomic E-state index is -3.68. The van der Waals surface area contributed by atoms with Crippen molar-refractivity contribution in [2.24, 2.45) is 11.1 Å². The van der Waals surface area contributed by atoms with Crippen molar-refractivity contribution in [2.75, 3.05) is 13.1 Å². The van der Waals surface area contributed by atoms with Gasteiger partial charge in [-0.05, 0) is 37.5 Å². The van der Waals surface area contributed by atoms with E-state index in [-0.39, 0.29) is 36.8 Å². The van der Waals surface area contributed by atoms with E-state index >= 15 is 0 Å². The molecule has 1 aromatic carbocycles. The van der Waals surface area contributed by atoms with Crippen molar-refractivity contribution < 1.29 is 17.6 Å². The molecular weight excluding hydrogens is 309 g/mol. The van der Waals surface area contributed by atoms with Crippen LogP contribution in [0.5, 0.6) is 0 Å². The molecule has 1 aliphatic heterocycles. The van der Waals surface area contributed by atoms with E-state index in [2.05, 4.69) is 5.32 Å². The highest BCUT2D eigenvalue weighted by Crippen LogP contribution is 2.20. The second-order valence-corrected chi connectivity index (χ2v) is 7.05. The summed E-state index contributed by atoms with van der Waals surface area (Å²) in [6.45, 7) is 2.33. The number of carbonyl (C=O) groups excluding carboxylic acids is 1. The number of rotatable bonds is 4. The number of hydrogen-bond acceptors (Lipinski definition) is 3. The average Bonchev–Trinajstić information content (AvgIpc) is 2.47. The predicted octanol–water partition coefficient (Wildman–Crippen LogP) is 0.918. The van der Waals surface area contributed by atoms with Crippen LogP contribution in [0.25, 0.3) is 0 Å². The van der Waals surface area contributed by atoms with Gasteiger partial charge in [-0.3, -0.25) is 4.79 Å². The van der Waals surface area contributed by atoms with Crippen molar-refractivity contribution in [1.82, 2.24) is 9.62 Å². The standard InChI is InChI=1S/C14H20FN3O3S/c1-10(11-2-4-13(15)5-3-11)17-14(19)12-6-8-18(9-7-12)22(16,20)21/h2-5,10,12H,6-9H2,1H3,(H,17,19)(H2,16,20,21)/t10-/m1/s1. The SMILES string of the molecule is C[C@@H](NC(=O)C1CCN(S(N)(=O)=O)CC1)c1ccc(F)cc1. The number of nitrogens with one attached hydrogen (secondary N) is 1. The molecule has 0 radical (unpaired) electrons. The van der Waals surface area contributed by atoms with Crippen LogP contribution in [0.2, 0.25) is 0 Å². The monoisotopic (exact) mass is 329 g/mol. The molecule has 1 aliphatic rings. The van der Waals surface area contributed by atoms with Crippen LogP contribution in [0.15, 0.2) is 24.3 Å². The van der Waals surface area contributed by atoms with Gasteiger partial charge in [-0.1, -0.05) is 12.1 Å². The van der Waals surface area contributed by atoms with Gasteiger partial charge in [0.1, 0.15) is 5.82 Å².